The molecule has 2 aromatic heterocycles. The maximum absolute atomic E-state index is 12.2. The van der Waals surface area contributed by atoms with Crippen molar-refractivity contribution in [2.45, 2.75) is 11.8 Å². The number of benzene rings is 1. The third-order valence-corrected chi connectivity index (χ3v) is 5.38. The van der Waals surface area contributed by atoms with Crippen LogP contribution in [-0.2, 0) is 10.1 Å². The van der Waals surface area contributed by atoms with Crippen LogP contribution in [0.3, 0.4) is 0 Å². The molecule has 0 saturated heterocycles. The molecule has 3 rings (SSSR count). The predicted molar refractivity (Wildman–Crippen MR) is 89.3 cm³/mol. The number of aromatic nitrogens is 2. The lowest BCUT2D eigenvalue weighted by molar-refractivity contribution is 0.486. The van der Waals surface area contributed by atoms with Crippen LogP contribution in [0.25, 0.3) is 10.6 Å². The molecule has 0 aliphatic heterocycles. The van der Waals surface area contributed by atoms with E-state index in [-0.39, 0.29) is 15.8 Å². The Bertz CT molecular complexity index is 920. The van der Waals surface area contributed by atoms with Gasteiger partial charge in [-0.3, -0.25) is 0 Å². The van der Waals surface area contributed by atoms with Gasteiger partial charge in [0.2, 0.25) is 0 Å². The van der Waals surface area contributed by atoms with E-state index in [1.807, 2.05) is 12.3 Å². The summed E-state index contributed by atoms with van der Waals surface area (Å²) < 4.78 is 29.4. The monoisotopic (exact) mass is 366 g/mol. The zero-order valence-corrected chi connectivity index (χ0v) is 14.3. The van der Waals surface area contributed by atoms with E-state index in [1.165, 1.54) is 23.5 Å². The van der Waals surface area contributed by atoms with Crippen LogP contribution >= 0.6 is 22.9 Å². The Kier molecular flexibility index (Phi) is 4.34. The van der Waals surface area contributed by atoms with Gasteiger partial charge in [0.25, 0.3) is 0 Å². The van der Waals surface area contributed by atoms with Gasteiger partial charge in [0.05, 0.1) is 6.20 Å². The minimum atomic E-state index is -3.94. The molecule has 0 fully saturated rings. The van der Waals surface area contributed by atoms with Gasteiger partial charge >= 0.3 is 10.1 Å². The molecule has 0 aliphatic carbocycles. The van der Waals surface area contributed by atoms with Crippen LogP contribution in [0.5, 0.6) is 5.75 Å². The van der Waals surface area contributed by atoms with E-state index in [9.17, 15) is 8.42 Å². The van der Waals surface area contributed by atoms with Crippen molar-refractivity contribution in [3.05, 3.63) is 58.8 Å². The van der Waals surface area contributed by atoms with Gasteiger partial charge in [0, 0.05) is 16.6 Å². The van der Waals surface area contributed by atoms with E-state index in [0.717, 1.165) is 22.5 Å². The number of pyridine rings is 1. The smallest absolute Gasteiger partial charge is 0.340 e. The average molecular weight is 367 g/mol. The summed E-state index contributed by atoms with van der Waals surface area (Å²) in [5.74, 6) is 0.219. The van der Waals surface area contributed by atoms with Crippen LogP contribution in [0.2, 0.25) is 5.15 Å². The highest BCUT2D eigenvalue weighted by atomic mass is 35.5. The SMILES string of the molecule is Cc1csc(-c2ccc(OS(=O)(=O)c3ccc(Cl)nc3)cc2)n1. The van der Waals surface area contributed by atoms with Crippen molar-refractivity contribution in [1.82, 2.24) is 9.97 Å². The molecule has 0 saturated carbocycles. The first-order chi connectivity index (χ1) is 10.9. The molecule has 0 amide bonds. The highest BCUT2D eigenvalue weighted by Gasteiger charge is 2.17. The van der Waals surface area contributed by atoms with E-state index in [0.29, 0.717) is 0 Å². The standard InChI is InChI=1S/C15H11ClN2O3S2/c1-10-9-22-15(18-10)11-2-4-12(5-3-11)21-23(19,20)13-6-7-14(16)17-8-13/h2-9H,1H3. The van der Waals surface area contributed by atoms with Gasteiger partial charge in [-0.2, -0.15) is 8.42 Å². The fourth-order valence-corrected chi connectivity index (χ4v) is 3.62. The van der Waals surface area contributed by atoms with Gasteiger partial charge in [-0.25, -0.2) is 9.97 Å². The van der Waals surface area contributed by atoms with Crippen molar-refractivity contribution in [1.29, 1.82) is 0 Å². The van der Waals surface area contributed by atoms with Gasteiger partial charge in [-0.1, -0.05) is 11.6 Å². The Morgan fingerprint density at radius 2 is 1.87 bits per heavy atom. The first-order valence-electron chi connectivity index (χ1n) is 6.53. The number of hydrogen-bond donors (Lipinski definition) is 0. The summed E-state index contributed by atoms with van der Waals surface area (Å²) in [7, 11) is -3.94. The molecule has 0 unspecified atom stereocenters. The Labute approximate surface area is 142 Å². The predicted octanol–water partition coefficient (Wildman–Crippen LogP) is 3.93. The molecule has 1 aromatic carbocycles. The molecule has 118 valence electrons. The molecule has 8 heteroatoms. The second-order valence-corrected chi connectivity index (χ2v) is 7.46. The maximum atomic E-state index is 12.2. The van der Waals surface area contributed by atoms with Crippen molar-refractivity contribution < 1.29 is 12.6 Å². The quantitative estimate of drug-likeness (QED) is 0.516. The minimum Gasteiger partial charge on any atom is -0.379 e. The molecule has 23 heavy (non-hydrogen) atoms. The minimum absolute atomic E-state index is 0.0541. The lowest BCUT2D eigenvalue weighted by atomic mass is 10.2. The number of halogens is 1. The third kappa shape index (κ3) is 3.69. The van der Waals surface area contributed by atoms with E-state index in [4.69, 9.17) is 15.8 Å². The van der Waals surface area contributed by atoms with E-state index in [1.54, 1.807) is 24.3 Å². The number of nitrogens with zero attached hydrogens (tertiary/aromatic N) is 2. The van der Waals surface area contributed by atoms with Crippen molar-refractivity contribution in [2.75, 3.05) is 0 Å². The zero-order valence-electron chi connectivity index (χ0n) is 11.9. The summed E-state index contributed by atoms with van der Waals surface area (Å²) in [6.07, 6.45) is 1.16. The molecule has 5 nitrogen and oxygen atoms in total. The zero-order chi connectivity index (χ0) is 16.4. The van der Waals surface area contributed by atoms with E-state index < -0.39 is 10.1 Å². The third-order valence-electron chi connectivity index (χ3n) is 2.92. The molecule has 3 aromatic rings. The molecule has 0 atom stereocenters. The van der Waals surface area contributed by atoms with Gasteiger partial charge in [-0.15, -0.1) is 11.3 Å². The second-order valence-electron chi connectivity index (χ2n) is 4.67. The molecule has 0 aliphatic rings. The van der Waals surface area contributed by atoms with Gasteiger partial charge in [0.1, 0.15) is 20.8 Å². The molecule has 0 spiro atoms. The highest BCUT2D eigenvalue weighted by molar-refractivity contribution is 7.87. The highest BCUT2D eigenvalue weighted by Crippen LogP contribution is 2.26. The normalized spacial score (nSPS) is 11.4. The number of rotatable bonds is 4. The van der Waals surface area contributed by atoms with E-state index >= 15 is 0 Å². The topological polar surface area (TPSA) is 69.2 Å². The van der Waals surface area contributed by atoms with Crippen LogP contribution in [0.4, 0.5) is 0 Å². The largest absolute Gasteiger partial charge is 0.379 e. The van der Waals surface area contributed by atoms with Crippen LogP contribution < -0.4 is 4.18 Å². The Morgan fingerprint density at radius 3 is 2.43 bits per heavy atom. The molecular weight excluding hydrogens is 356 g/mol. The number of aryl methyl sites for hydroxylation is 1. The summed E-state index contributed by atoms with van der Waals surface area (Å²) in [4.78, 5) is 8.07. The van der Waals surface area contributed by atoms with Crippen molar-refractivity contribution in [3.8, 4) is 16.3 Å². The van der Waals surface area contributed by atoms with Crippen molar-refractivity contribution >= 4 is 33.1 Å². The van der Waals surface area contributed by atoms with Crippen LogP contribution in [-0.4, -0.2) is 18.4 Å². The molecule has 0 radical (unpaired) electrons. The second kappa shape index (κ2) is 6.27. The number of thiazole rings is 1. The lowest BCUT2D eigenvalue weighted by Gasteiger charge is -2.07. The van der Waals surface area contributed by atoms with Crippen LogP contribution in [0.1, 0.15) is 5.69 Å². The first kappa shape index (κ1) is 15.9. The van der Waals surface area contributed by atoms with E-state index in [2.05, 4.69) is 9.97 Å². The molecular formula is C15H11ClN2O3S2. The Balaban J connectivity index is 1.81. The fraction of sp³-hybridized carbons (Fsp3) is 0.0667. The molecule has 0 bridgehead atoms. The Hall–Kier alpha value is -1.96. The molecule has 0 N–H and O–H groups in total. The summed E-state index contributed by atoms with van der Waals surface area (Å²) in [6, 6.07) is 9.45. The summed E-state index contributed by atoms with van der Waals surface area (Å²) in [5.41, 5.74) is 1.85. The number of hydrogen-bond acceptors (Lipinski definition) is 6. The van der Waals surface area contributed by atoms with Crippen LogP contribution in [0.15, 0.2) is 52.9 Å². The lowest BCUT2D eigenvalue weighted by Crippen LogP contribution is -2.09. The van der Waals surface area contributed by atoms with Crippen molar-refractivity contribution in [2.24, 2.45) is 0 Å². The van der Waals surface area contributed by atoms with Crippen molar-refractivity contribution in [3.63, 3.8) is 0 Å². The summed E-state index contributed by atoms with van der Waals surface area (Å²) >= 11 is 7.18. The molecule has 2 heterocycles. The summed E-state index contributed by atoms with van der Waals surface area (Å²) in [5, 5.41) is 3.04. The Morgan fingerprint density at radius 1 is 1.13 bits per heavy atom. The van der Waals surface area contributed by atoms with Gasteiger partial charge in [-0.05, 0) is 43.3 Å². The van der Waals surface area contributed by atoms with Crippen LogP contribution in [0, 0.1) is 6.92 Å². The van der Waals surface area contributed by atoms with Gasteiger partial charge < -0.3 is 4.18 Å². The first-order valence-corrected chi connectivity index (χ1v) is 9.19. The van der Waals surface area contributed by atoms with Gasteiger partial charge in [0.15, 0.2) is 0 Å². The fourth-order valence-electron chi connectivity index (χ4n) is 1.82. The maximum Gasteiger partial charge on any atom is 0.340 e. The summed E-state index contributed by atoms with van der Waals surface area (Å²) in [6.45, 7) is 1.92. The average Bonchev–Trinajstić information content (AvgIpc) is 2.95.